The summed E-state index contributed by atoms with van der Waals surface area (Å²) in [4.78, 5) is 24.6. The number of rotatable bonds is 7. The summed E-state index contributed by atoms with van der Waals surface area (Å²) in [5, 5.41) is 0.705. The van der Waals surface area contributed by atoms with E-state index in [1.807, 2.05) is 0 Å². The number of hydrogen-bond acceptors (Lipinski definition) is 2. The van der Waals surface area contributed by atoms with E-state index in [0.717, 1.165) is 12.8 Å². The van der Waals surface area contributed by atoms with Crippen LogP contribution in [0.1, 0.15) is 51.9 Å². The van der Waals surface area contributed by atoms with E-state index >= 15 is 0 Å². The summed E-state index contributed by atoms with van der Waals surface area (Å²) in [6.07, 6.45) is 6.46. The molecular formula is C12H20BrNO2. The summed E-state index contributed by atoms with van der Waals surface area (Å²) in [5.74, 6) is 0.00915. The maximum Gasteiger partial charge on any atom is 0.229 e. The van der Waals surface area contributed by atoms with Gasteiger partial charge in [-0.1, -0.05) is 48.5 Å². The van der Waals surface area contributed by atoms with Crippen LogP contribution >= 0.6 is 15.9 Å². The lowest BCUT2D eigenvalue weighted by atomic mass is 10.1. The van der Waals surface area contributed by atoms with Gasteiger partial charge >= 0.3 is 0 Å². The molecule has 2 amide bonds. The Balaban J connectivity index is 2.40. The highest BCUT2D eigenvalue weighted by Crippen LogP contribution is 2.20. The molecule has 0 radical (unpaired) electrons. The predicted octanol–water partition coefficient (Wildman–Crippen LogP) is 2.87. The second kappa shape index (κ2) is 7.05. The zero-order valence-corrected chi connectivity index (χ0v) is 11.5. The number of likely N-dealkylation sites (tertiary alicyclic amines) is 1. The van der Waals surface area contributed by atoms with Crippen molar-refractivity contribution < 1.29 is 9.59 Å². The largest absolute Gasteiger partial charge is 0.279 e. The van der Waals surface area contributed by atoms with E-state index in [4.69, 9.17) is 0 Å². The van der Waals surface area contributed by atoms with Gasteiger partial charge in [0.2, 0.25) is 11.8 Å². The van der Waals surface area contributed by atoms with Crippen LogP contribution in [0.25, 0.3) is 0 Å². The summed E-state index contributed by atoms with van der Waals surface area (Å²) < 4.78 is 0. The fourth-order valence-electron chi connectivity index (χ4n) is 2.08. The van der Waals surface area contributed by atoms with E-state index in [1.54, 1.807) is 0 Å². The van der Waals surface area contributed by atoms with Crippen molar-refractivity contribution >= 4 is 27.7 Å². The van der Waals surface area contributed by atoms with E-state index < -0.39 is 0 Å². The van der Waals surface area contributed by atoms with Gasteiger partial charge in [-0.3, -0.25) is 14.5 Å². The summed E-state index contributed by atoms with van der Waals surface area (Å²) in [5.41, 5.74) is 0. The average Bonchev–Trinajstić information content (AvgIpc) is 2.60. The van der Waals surface area contributed by atoms with Crippen LogP contribution in [-0.2, 0) is 9.59 Å². The van der Waals surface area contributed by atoms with Crippen molar-refractivity contribution in [2.24, 2.45) is 0 Å². The quantitative estimate of drug-likeness (QED) is 0.411. The molecule has 0 saturated carbocycles. The molecular weight excluding hydrogens is 270 g/mol. The first-order chi connectivity index (χ1) is 7.70. The Morgan fingerprint density at radius 1 is 1.19 bits per heavy atom. The topological polar surface area (TPSA) is 37.4 Å². The first-order valence-corrected chi connectivity index (χ1v) is 7.23. The number of hydrogen-bond donors (Lipinski definition) is 0. The molecule has 1 aliphatic heterocycles. The van der Waals surface area contributed by atoms with Crippen LogP contribution in [-0.4, -0.2) is 28.1 Å². The molecule has 1 aliphatic rings. The Morgan fingerprint density at radius 3 is 2.31 bits per heavy atom. The second-order valence-corrected chi connectivity index (χ2v) is 4.96. The number of imide groups is 1. The minimum atomic E-state index is 0.00458. The molecule has 0 bridgehead atoms. The van der Waals surface area contributed by atoms with Gasteiger partial charge in [0, 0.05) is 24.2 Å². The molecule has 0 aromatic heterocycles. The first-order valence-electron chi connectivity index (χ1n) is 6.11. The lowest BCUT2D eigenvalue weighted by Gasteiger charge is -2.24. The molecule has 0 N–H and O–H groups in total. The fourth-order valence-corrected chi connectivity index (χ4v) is 2.70. The molecule has 1 atom stereocenters. The van der Waals surface area contributed by atoms with E-state index in [2.05, 4.69) is 22.9 Å². The Hall–Kier alpha value is -0.380. The van der Waals surface area contributed by atoms with Crippen molar-refractivity contribution in [2.45, 2.75) is 57.9 Å². The van der Waals surface area contributed by atoms with Gasteiger partial charge in [-0.05, 0) is 6.42 Å². The maximum atomic E-state index is 11.6. The van der Waals surface area contributed by atoms with E-state index in [1.165, 1.54) is 24.2 Å². The van der Waals surface area contributed by atoms with Crippen LogP contribution in [0, 0.1) is 0 Å². The highest BCUT2D eigenvalue weighted by atomic mass is 79.9. The molecule has 1 saturated heterocycles. The molecule has 0 spiro atoms. The second-order valence-electron chi connectivity index (χ2n) is 4.31. The van der Waals surface area contributed by atoms with E-state index in [-0.39, 0.29) is 17.9 Å². The minimum Gasteiger partial charge on any atom is -0.279 e. The van der Waals surface area contributed by atoms with E-state index in [9.17, 15) is 9.59 Å². The van der Waals surface area contributed by atoms with Crippen LogP contribution in [0.15, 0.2) is 0 Å². The van der Waals surface area contributed by atoms with E-state index in [0.29, 0.717) is 18.2 Å². The molecule has 0 aromatic carbocycles. The van der Waals surface area contributed by atoms with Crippen molar-refractivity contribution in [1.82, 2.24) is 4.90 Å². The Morgan fingerprint density at radius 2 is 1.81 bits per heavy atom. The zero-order valence-electron chi connectivity index (χ0n) is 9.88. The highest BCUT2D eigenvalue weighted by molar-refractivity contribution is 9.09. The van der Waals surface area contributed by atoms with Crippen LogP contribution in [0.4, 0.5) is 0 Å². The molecule has 1 unspecified atom stereocenters. The van der Waals surface area contributed by atoms with Crippen molar-refractivity contribution in [3.8, 4) is 0 Å². The molecule has 0 aromatic rings. The van der Waals surface area contributed by atoms with Gasteiger partial charge in [0.15, 0.2) is 0 Å². The third-order valence-electron chi connectivity index (χ3n) is 3.02. The number of carbonyl (C=O) groups excluding carboxylic acids is 2. The molecule has 1 heterocycles. The van der Waals surface area contributed by atoms with Gasteiger partial charge in [-0.25, -0.2) is 0 Å². The highest BCUT2D eigenvalue weighted by Gasteiger charge is 2.33. The lowest BCUT2D eigenvalue weighted by molar-refractivity contribution is -0.140. The third kappa shape index (κ3) is 3.58. The number of nitrogens with zero attached hydrogens (tertiary/aromatic N) is 1. The lowest BCUT2D eigenvalue weighted by Crippen LogP contribution is -2.40. The first kappa shape index (κ1) is 13.7. The van der Waals surface area contributed by atoms with Crippen molar-refractivity contribution in [2.75, 3.05) is 5.33 Å². The van der Waals surface area contributed by atoms with Gasteiger partial charge in [-0.2, -0.15) is 0 Å². The average molecular weight is 290 g/mol. The van der Waals surface area contributed by atoms with Crippen molar-refractivity contribution in [1.29, 1.82) is 0 Å². The summed E-state index contributed by atoms with van der Waals surface area (Å²) in [6, 6.07) is 0.0688. The van der Waals surface area contributed by atoms with Crippen LogP contribution in [0.2, 0.25) is 0 Å². The summed E-state index contributed by atoms with van der Waals surface area (Å²) in [6.45, 7) is 2.18. The molecule has 1 fully saturated rings. The molecule has 0 aliphatic carbocycles. The Kier molecular flexibility index (Phi) is 6.03. The number of carbonyl (C=O) groups is 2. The predicted molar refractivity (Wildman–Crippen MR) is 67.4 cm³/mol. The number of amides is 2. The normalized spacial score (nSPS) is 18.2. The van der Waals surface area contributed by atoms with Crippen molar-refractivity contribution in [3.05, 3.63) is 0 Å². The Labute approximate surface area is 106 Å². The van der Waals surface area contributed by atoms with Gasteiger partial charge < -0.3 is 0 Å². The monoisotopic (exact) mass is 289 g/mol. The van der Waals surface area contributed by atoms with Crippen LogP contribution < -0.4 is 0 Å². The number of halogens is 1. The molecule has 1 rings (SSSR count). The van der Waals surface area contributed by atoms with Gasteiger partial charge in [0.1, 0.15) is 0 Å². The van der Waals surface area contributed by atoms with Gasteiger partial charge in [-0.15, -0.1) is 0 Å². The minimum absolute atomic E-state index is 0.00458. The number of alkyl halides is 1. The van der Waals surface area contributed by atoms with Gasteiger partial charge in [0.25, 0.3) is 0 Å². The molecule has 4 heteroatoms. The standard InChI is InChI=1S/C12H20BrNO2/c1-2-3-4-5-6-10(9-13)14-11(15)7-8-12(14)16/h10H,2-9H2,1H3. The van der Waals surface area contributed by atoms with Crippen LogP contribution in [0.3, 0.4) is 0 Å². The molecule has 16 heavy (non-hydrogen) atoms. The smallest absolute Gasteiger partial charge is 0.229 e. The van der Waals surface area contributed by atoms with Gasteiger partial charge in [0.05, 0.1) is 0 Å². The van der Waals surface area contributed by atoms with Crippen molar-refractivity contribution in [3.63, 3.8) is 0 Å². The zero-order chi connectivity index (χ0) is 12.0. The SMILES string of the molecule is CCCCCCC(CBr)N1C(=O)CCC1=O. The third-order valence-corrected chi connectivity index (χ3v) is 3.77. The fraction of sp³-hybridized carbons (Fsp3) is 0.833. The molecule has 92 valence electrons. The maximum absolute atomic E-state index is 11.6. The number of unbranched alkanes of at least 4 members (excludes halogenated alkanes) is 3. The Bertz CT molecular complexity index is 239. The van der Waals surface area contributed by atoms with Crippen LogP contribution in [0.5, 0.6) is 0 Å². The summed E-state index contributed by atoms with van der Waals surface area (Å²) >= 11 is 3.40. The summed E-state index contributed by atoms with van der Waals surface area (Å²) in [7, 11) is 0. The molecule has 3 nitrogen and oxygen atoms in total.